The van der Waals surface area contributed by atoms with Gasteiger partial charge in [0.15, 0.2) is 0 Å². The number of hydrogen-bond acceptors (Lipinski definition) is 2. The summed E-state index contributed by atoms with van der Waals surface area (Å²) in [6.07, 6.45) is 1.04. The highest BCUT2D eigenvalue weighted by Crippen LogP contribution is 2.31. The van der Waals surface area contributed by atoms with Crippen LogP contribution in [0.15, 0.2) is 48.5 Å². The van der Waals surface area contributed by atoms with E-state index >= 15 is 0 Å². The Morgan fingerprint density at radius 2 is 1.82 bits per heavy atom. The molecule has 3 aromatic rings. The van der Waals surface area contributed by atoms with Crippen molar-refractivity contribution in [1.82, 2.24) is 4.98 Å². The Morgan fingerprint density at radius 1 is 1.00 bits per heavy atom. The molecular weight excluding hydrogens is 226 g/mol. The first-order valence-electron chi connectivity index (χ1n) is 5.82. The Morgan fingerprint density at radius 3 is 2.59 bits per heavy atom. The fourth-order valence-electron chi connectivity index (χ4n) is 2.00. The number of nitrogens with zero attached hydrogens (tertiary/aromatic N) is 1. The highest BCUT2D eigenvalue weighted by Gasteiger charge is 2.07. The predicted molar refractivity (Wildman–Crippen MR) is 74.4 cm³/mol. The fourth-order valence-corrected chi connectivity index (χ4v) is 3.01. The third kappa shape index (κ3) is 1.85. The van der Waals surface area contributed by atoms with Crippen LogP contribution in [-0.2, 0) is 6.42 Å². The number of aromatic nitrogens is 1. The molecule has 0 saturated carbocycles. The Hall–Kier alpha value is -1.67. The van der Waals surface area contributed by atoms with E-state index in [0.717, 1.165) is 11.4 Å². The molecule has 0 unspecified atom stereocenters. The zero-order chi connectivity index (χ0) is 11.7. The Balaban J connectivity index is 2.20. The van der Waals surface area contributed by atoms with Crippen LogP contribution in [-0.4, -0.2) is 4.98 Å². The molecular formula is C15H13NS. The van der Waals surface area contributed by atoms with Crippen LogP contribution < -0.4 is 0 Å². The monoisotopic (exact) mass is 239 g/mol. The molecule has 0 radical (unpaired) electrons. The van der Waals surface area contributed by atoms with E-state index in [2.05, 4.69) is 49.4 Å². The average molecular weight is 239 g/mol. The lowest BCUT2D eigenvalue weighted by Gasteiger charge is -1.95. The number of thiazole rings is 1. The summed E-state index contributed by atoms with van der Waals surface area (Å²) in [5, 5.41) is 1.11. The maximum atomic E-state index is 4.77. The minimum atomic E-state index is 1.04. The minimum absolute atomic E-state index is 1.04. The lowest BCUT2D eigenvalue weighted by atomic mass is 10.1. The van der Waals surface area contributed by atoms with E-state index in [0.29, 0.717) is 0 Å². The third-order valence-electron chi connectivity index (χ3n) is 2.90. The molecule has 0 aliphatic rings. The van der Waals surface area contributed by atoms with Crippen LogP contribution in [0.25, 0.3) is 20.8 Å². The molecule has 2 heteroatoms. The maximum absolute atomic E-state index is 4.77. The second kappa shape index (κ2) is 4.30. The molecule has 2 aromatic carbocycles. The molecule has 1 heterocycles. The van der Waals surface area contributed by atoms with Crippen LogP contribution in [0.3, 0.4) is 0 Å². The summed E-state index contributed by atoms with van der Waals surface area (Å²) in [5.41, 5.74) is 3.70. The molecule has 0 aliphatic carbocycles. The van der Waals surface area contributed by atoms with Crippen LogP contribution >= 0.6 is 11.3 Å². The number of para-hydroxylation sites is 1. The minimum Gasteiger partial charge on any atom is -0.236 e. The first-order chi connectivity index (χ1) is 8.38. The van der Waals surface area contributed by atoms with Crippen molar-refractivity contribution >= 4 is 21.6 Å². The summed E-state index contributed by atoms with van der Waals surface area (Å²) >= 11 is 1.77. The SMILES string of the molecule is CCc1cccc2sc(-c3ccccc3)nc12. The van der Waals surface area contributed by atoms with Crippen molar-refractivity contribution in [2.24, 2.45) is 0 Å². The van der Waals surface area contributed by atoms with Gasteiger partial charge in [0.1, 0.15) is 5.01 Å². The van der Waals surface area contributed by atoms with Crippen molar-refractivity contribution in [2.45, 2.75) is 13.3 Å². The molecule has 1 aromatic heterocycles. The van der Waals surface area contributed by atoms with Gasteiger partial charge in [0, 0.05) is 5.56 Å². The summed E-state index contributed by atoms with van der Waals surface area (Å²) in [4.78, 5) is 4.77. The molecule has 1 nitrogen and oxygen atoms in total. The van der Waals surface area contributed by atoms with Crippen molar-refractivity contribution in [3.05, 3.63) is 54.1 Å². The summed E-state index contributed by atoms with van der Waals surface area (Å²) in [7, 11) is 0. The largest absolute Gasteiger partial charge is 0.236 e. The molecule has 0 amide bonds. The van der Waals surface area contributed by atoms with Crippen molar-refractivity contribution in [2.75, 3.05) is 0 Å². The first kappa shape index (κ1) is 10.5. The number of aryl methyl sites for hydroxylation is 1. The second-order valence-electron chi connectivity index (χ2n) is 4.00. The lowest BCUT2D eigenvalue weighted by Crippen LogP contribution is -1.82. The number of hydrogen-bond donors (Lipinski definition) is 0. The lowest BCUT2D eigenvalue weighted by molar-refractivity contribution is 1.15. The van der Waals surface area contributed by atoms with Gasteiger partial charge in [-0.25, -0.2) is 4.98 Å². The Bertz CT molecular complexity index is 640. The molecule has 17 heavy (non-hydrogen) atoms. The fraction of sp³-hybridized carbons (Fsp3) is 0.133. The molecule has 0 bridgehead atoms. The molecule has 0 fully saturated rings. The molecule has 3 rings (SSSR count). The van der Waals surface area contributed by atoms with Crippen molar-refractivity contribution < 1.29 is 0 Å². The second-order valence-corrected chi connectivity index (χ2v) is 5.03. The van der Waals surface area contributed by atoms with Crippen LogP contribution in [0.4, 0.5) is 0 Å². The van der Waals surface area contributed by atoms with Gasteiger partial charge in [-0.3, -0.25) is 0 Å². The summed E-state index contributed by atoms with van der Waals surface area (Å²) in [6, 6.07) is 16.8. The van der Waals surface area contributed by atoms with Gasteiger partial charge in [-0.1, -0.05) is 49.4 Å². The normalized spacial score (nSPS) is 10.9. The van der Waals surface area contributed by atoms with Gasteiger partial charge in [0.25, 0.3) is 0 Å². The molecule has 0 aliphatic heterocycles. The van der Waals surface area contributed by atoms with Gasteiger partial charge in [-0.2, -0.15) is 0 Å². The van der Waals surface area contributed by atoms with Gasteiger partial charge in [-0.05, 0) is 18.1 Å². The van der Waals surface area contributed by atoms with E-state index in [1.807, 2.05) is 6.07 Å². The Labute approximate surface area is 105 Å². The average Bonchev–Trinajstić information content (AvgIpc) is 2.83. The van der Waals surface area contributed by atoms with E-state index in [4.69, 9.17) is 4.98 Å². The van der Waals surface area contributed by atoms with Crippen LogP contribution in [0.1, 0.15) is 12.5 Å². The summed E-state index contributed by atoms with van der Waals surface area (Å²) in [5.74, 6) is 0. The van der Waals surface area contributed by atoms with Crippen molar-refractivity contribution in [3.63, 3.8) is 0 Å². The van der Waals surface area contributed by atoms with Crippen LogP contribution in [0, 0.1) is 0 Å². The van der Waals surface area contributed by atoms with Gasteiger partial charge in [0.2, 0.25) is 0 Å². The molecule has 0 spiro atoms. The highest BCUT2D eigenvalue weighted by atomic mass is 32.1. The highest BCUT2D eigenvalue weighted by molar-refractivity contribution is 7.21. The smallest absolute Gasteiger partial charge is 0.124 e. The van der Waals surface area contributed by atoms with Crippen LogP contribution in [0.2, 0.25) is 0 Å². The molecule has 0 atom stereocenters. The van der Waals surface area contributed by atoms with Gasteiger partial charge in [-0.15, -0.1) is 11.3 Å². The Kier molecular flexibility index (Phi) is 2.65. The van der Waals surface area contributed by atoms with Gasteiger partial charge in [0.05, 0.1) is 10.2 Å². The predicted octanol–water partition coefficient (Wildman–Crippen LogP) is 4.53. The number of fused-ring (bicyclic) bond motifs is 1. The summed E-state index contributed by atoms with van der Waals surface area (Å²) < 4.78 is 1.28. The molecule has 84 valence electrons. The van der Waals surface area contributed by atoms with E-state index in [9.17, 15) is 0 Å². The van der Waals surface area contributed by atoms with E-state index in [1.54, 1.807) is 11.3 Å². The van der Waals surface area contributed by atoms with E-state index < -0.39 is 0 Å². The topological polar surface area (TPSA) is 12.9 Å². The number of benzene rings is 2. The van der Waals surface area contributed by atoms with E-state index in [-0.39, 0.29) is 0 Å². The molecule has 0 saturated heterocycles. The van der Waals surface area contributed by atoms with E-state index in [1.165, 1.54) is 21.3 Å². The first-order valence-corrected chi connectivity index (χ1v) is 6.64. The van der Waals surface area contributed by atoms with Crippen LogP contribution in [0.5, 0.6) is 0 Å². The quantitative estimate of drug-likeness (QED) is 0.640. The van der Waals surface area contributed by atoms with Gasteiger partial charge < -0.3 is 0 Å². The van der Waals surface area contributed by atoms with Crippen molar-refractivity contribution in [1.29, 1.82) is 0 Å². The third-order valence-corrected chi connectivity index (χ3v) is 3.97. The maximum Gasteiger partial charge on any atom is 0.124 e. The zero-order valence-corrected chi connectivity index (χ0v) is 10.5. The van der Waals surface area contributed by atoms with Gasteiger partial charge >= 0.3 is 0 Å². The number of rotatable bonds is 2. The summed E-state index contributed by atoms with van der Waals surface area (Å²) in [6.45, 7) is 2.18. The standard InChI is InChI=1S/C15H13NS/c1-2-11-9-6-10-13-14(11)16-15(17-13)12-7-4-3-5-8-12/h3-10H,2H2,1H3. The molecule has 0 N–H and O–H groups in total. The van der Waals surface area contributed by atoms with Crippen molar-refractivity contribution in [3.8, 4) is 10.6 Å². The zero-order valence-electron chi connectivity index (χ0n) is 9.68.